The molecule has 0 aliphatic rings. The van der Waals surface area contributed by atoms with Crippen molar-refractivity contribution in [3.63, 3.8) is 0 Å². The molecule has 0 fully saturated rings. The number of hydrogen-bond donors (Lipinski definition) is 2. The molecule has 0 aliphatic heterocycles. The van der Waals surface area contributed by atoms with Gasteiger partial charge in [0.05, 0.1) is 6.61 Å². The first-order valence-corrected chi connectivity index (χ1v) is 7.48. The molecular weight excluding hydrogens is 284 g/mol. The first-order valence-electron chi connectivity index (χ1n) is 7.48. The fourth-order valence-corrected chi connectivity index (χ4v) is 1.74. The Kier molecular flexibility index (Phi) is 8.67. The van der Waals surface area contributed by atoms with Crippen LogP contribution in [0.1, 0.15) is 43.0 Å². The van der Waals surface area contributed by atoms with Gasteiger partial charge in [-0.1, -0.05) is 19.8 Å². The van der Waals surface area contributed by atoms with Gasteiger partial charge in [-0.3, -0.25) is 20.4 Å². The molecule has 0 spiro atoms. The van der Waals surface area contributed by atoms with Gasteiger partial charge in [-0.15, -0.1) is 0 Å². The summed E-state index contributed by atoms with van der Waals surface area (Å²) in [5.41, 5.74) is 5.26. The van der Waals surface area contributed by atoms with Crippen molar-refractivity contribution in [1.82, 2.24) is 10.9 Å². The molecule has 1 aromatic carbocycles. The SMILES string of the molecule is CCCCCC(=O)NNC(=O)c1ccc(OCCOC)cc1. The highest BCUT2D eigenvalue weighted by atomic mass is 16.5. The average molecular weight is 308 g/mol. The maximum Gasteiger partial charge on any atom is 0.269 e. The number of carbonyl (C=O) groups is 2. The van der Waals surface area contributed by atoms with E-state index >= 15 is 0 Å². The predicted molar refractivity (Wildman–Crippen MR) is 83.6 cm³/mol. The Morgan fingerprint density at radius 3 is 2.41 bits per heavy atom. The topological polar surface area (TPSA) is 76.7 Å². The van der Waals surface area contributed by atoms with Gasteiger partial charge in [-0.2, -0.15) is 0 Å². The molecule has 0 aliphatic carbocycles. The minimum Gasteiger partial charge on any atom is -0.491 e. The fourth-order valence-electron chi connectivity index (χ4n) is 1.74. The van der Waals surface area contributed by atoms with Crippen LogP contribution in [0.4, 0.5) is 0 Å². The van der Waals surface area contributed by atoms with Crippen LogP contribution in [0.5, 0.6) is 5.75 Å². The summed E-state index contributed by atoms with van der Waals surface area (Å²) < 4.78 is 10.3. The lowest BCUT2D eigenvalue weighted by Crippen LogP contribution is -2.41. The summed E-state index contributed by atoms with van der Waals surface area (Å²) in [5, 5.41) is 0. The van der Waals surface area contributed by atoms with Crippen LogP contribution >= 0.6 is 0 Å². The summed E-state index contributed by atoms with van der Waals surface area (Å²) in [4.78, 5) is 23.4. The quantitative estimate of drug-likeness (QED) is 0.541. The van der Waals surface area contributed by atoms with E-state index in [1.165, 1.54) is 0 Å². The van der Waals surface area contributed by atoms with Gasteiger partial charge in [0, 0.05) is 19.1 Å². The van der Waals surface area contributed by atoms with E-state index in [2.05, 4.69) is 17.8 Å². The minimum atomic E-state index is -0.354. The number of benzene rings is 1. The summed E-state index contributed by atoms with van der Waals surface area (Å²) in [7, 11) is 1.60. The van der Waals surface area contributed by atoms with Crippen molar-refractivity contribution in [2.75, 3.05) is 20.3 Å². The standard InChI is InChI=1S/C16H24N2O4/c1-3-4-5-6-15(19)17-18-16(20)13-7-9-14(10-8-13)22-12-11-21-2/h7-10H,3-6,11-12H2,1-2H3,(H,17,19)(H,18,20). The van der Waals surface area contributed by atoms with Crippen molar-refractivity contribution < 1.29 is 19.1 Å². The molecule has 0 radical (unpaired) electrons. The van der Waals surface area contributed by atoms with Crippen LogP contribution in [0.3, 0.4) is 0 Å². The van der Waals surface area contributed by atoms with Crippen LogP contribution in [0.15, 0.2) is 24.3 Å². The van der Waals surface area contributed by atoms with E-state index in [1.807, 2.05) is 0 Å². The van der Waals surface area contributed by atoms with E-state index < -0.39 is 0 Å². The smallest absolute Gasteiger partial charge is 0.269 e. The van der Waals surface area contributed by atoms with Crippen LogP contribution in [0.25, 0.3) is 0 Å². The molecule has 0 saturated heterocycles. The van der Waals surface area contributed by atoms with Crippen LogP contribution in [-0.2, 0) is 9.53 Å². The molecular formula is C16H24N2O4. The molecule has 0 heterocycles. The Morgan fingerprint density at radius 1 is 1.05 bits per heavy atom. The highest BCUT2D eigenvalue weighted by molar-refractivity contribution is 5.95. The van der Waals surface area contributed by atoms with E-state index in [4.69, 9.17) is 9.47 Å². The zero-order valence-electron chi connectivity index (χ0n) is 13.2. The highest BCUT2D eigenvalue weighted by Crippen LogP contribution is 2.11. The zero-order valence-corrected chi connectivity index (χ0v) is 13.2. The van der Waals surface area contributed by atoms with E-state index in [-0.39, 0.29) is 11.8 Å². The number of carbonyl (C=O) groups excluding carboxylic acids is 2. The molecule has 122 valence electrons. The Balaban J connectivity index is 2.34. The third kappa shape index (κ3) is 7.08. The molecule has 0 atom stereocenters. The zero-order chi connectivity index (χ0) is 16.2. The molecule has 1 rings (SSSR count). The van der Waals surface area contributed by atoms with Gasteiger partial charge in [0.15, 0.2) is 0 Å². The van der Waals surface area contributed by atoms with E-state index in [9.17, 15) is 9.59 Å². The van der Waals surface area contributed by atoms with E-state index in [0.717, 1.165) is 19.3 Å². The number of hydrogen-bond acceptors (Lipinski definition) is 4. The molecule has 0 aromatic heterocycles. The number of unbranched alkanes of at least 4 members (excludes halogenated alkanes) is 2. The molecule has 2 amide bonds. The van der Waals surface area contributed by atoms with Crippen molar-refractivity contribution in [3.8, 4) is 5.75 Å². The maximum absolute atomic E-state index is 11.9. The third-order valence-electron chi connectivity index (χ3n) is 3.00. The van der Waals surface area contributed by atoms with Gasteiger partial charge in [-0.25, -0.2) is 0 Å². The first kappa shape index (κ1) is 18.0. The maximum atomic E-state index is 11.9. The molecule has 2 N–H and O–H groups in total. The Hall–Kier alpha value is -2.08. The van der Waals surface area contributed by atoms with Crippen LogP contribution in [-0.4, -0.2) is 32.1 Å². The van der Waals surface area contributed by atoms with E-state index in [1.54, 1.807) is 31.4 Å². The number of ether oxygens (including phenoxy) is 2. The lowest BCUT2D eigenvalue weighted by Gasteiger charge is -2.08. The van der Waals surface area contributed by atoms with Crippen molar-refractivity contribution in [2.24, 2.45) is 0 Å². The van der Waals surface area contributed by atoms with Gasteiger partial charge in [0.1, 0.15) is 12.4 Å². The second-order valence-electron chi connectivity index (χ2n) is 4.83. The lowest BCUT2D eigenvalue weighted by atomic mass is 10.2. The second kappa shape index (κ2) is 10.6. The van der Waals surface area contributed by atoms with E-state index in [0.29, 0.717) is 30.9 Å². The molecule has 6 heteroatoms. The average Bonchev–Trinajstić information content (AvgIpc) is 2.54. The Morgan fingerprint density at radius 2 is 1.77 bits per heavy atom. The summed E-state index contributed by atoms with van der Waals surface area (Å²) in [6.07, 6.45) is 3.30. The largest absolute Gasteiger partial charge is 0.491 e. The summed E-state index contributed by atoms with van der Waals surface area (Å²) >= 11 is 0. The van der Waals surface area contributed by atoms with Gasteiger partial charge >= 0.3 is 0 Å². The van der Waals surface area contributed by atoms with Crippen LogP contribution in [0, 0.1) is 0 Å². The van der Waals surface area contributed by atoms with Gasteiger partial charge < -0.3 is 9.47 Å². The Labute approximate surface area is 131 Å². The van der Waals surface area contributed by atoms with Crippen molar-refractivity contribution >= 4 is 11.8 Å². The number of hydrazine groups is 1. The van der Waals surface area contributed by atoms with Crippen molar-refractivity contribution in [1.29, 1.82) is 0 Å². The lowest BCUT2D eigenvalue weighted by molar-refractivity contribution is -0.121. The number of rotatable bonds is 9. The summed E-state index contributed by atoms with van der Waals surface area (Å²) in [6.45, 7) is 3.03. The van der Waals surface area contributed by atoms with Gasteiger partial charge in [0.25, 0.3) is 5.91 Å². The highest BCUT2D eigenvalue weighted by Gasteiger charge is 2.07. The van der Waals surface area contributed by atoms with Crippen LogP contribution in [0.2, 0.25) is 0 Å². The third-order valence-corrected chi connectivity index (χ3v) is 3.00. The molecule has 0 unspecified atom stereocenters. The van der Waals surface area contributed by atoms with Crippen LogP contribution < -0.4 is 15.6 Å². The summed E-state index contributed by atoms with van der Waals surface area (Å²) in [5.74, 6) is 0.130. The molecule has 1 aromatic rings. The molecule has 0 bridgehead atoms. The predicted octanol–water partition coefficient (Wildman–Crippen LogP) is 2.05. The molecule has 0 saturated carbocycles. The second-order valence-corrected chi connectivity index (χ2v) is 4.83. The van der Waals surface area contributed by atoms with Crippen molar-refractivity contribution in [3.05, 3.63) is 29.8 Å². The Bertz CT molecular complexity index is 460. The number of methoxy groups -OCH3 is 1. The normalized spacial score (nSPS) is 10.1. The minimum absolute atomic E-state index is 0.179. The molecule has 6 nitrogen and oxygen atoms in total. The number of nitrogens with one attached hydrogen (secondary N) is 2. The molecule has 22 heavy (non-hydrogen) atoms. The van der Waals surface area contributed by atoms with Gasteiger partial charge in [0.2, 0.25) is 5.91 Å². The summed E-state index contributed by atoms with van der Waals surface area (Å²) in [6, 6.07) is 6.68. The van der Waals surface area contributed by atoms with Gasteiger partial charge in [-0.05, 0) is 30.7 Å². The number of amides is 2. The monoisotopic (exact) mass is 308 g/mol. The fraction of sp³-hybridized carbons (Fsp3) is 0.500. The van der Waals surface area contributed by atoms with Crippen molar-refractivity contribution in [2.45, 2.75) is 32.6 Å². The first-order chi connectivity index (χ1) is 10.7.